The summed E-state index contributed by atoms with van der Waals surface area (Å²) in [5.41, 5.74) is 5.31. The Morgan fingerprint density at radius 3 is 2.57 bits per heavy atom. The Bertz CT molecular complexity index is 814. The first-order valence-electron chi connectivity index (χ1n) is 5.85. The van der Waals surface area contributed by atoms with Crippen LogP contribution in [-0.2, 0) is 10.0 Å². The lowest BCUT2D eigenvalue weighted by atomic mass is 10.1. The maximum Gasteiger partial charge on any atom is 0.265 e. The number of aromatic amines is 1. The van der Waals surface area contributed by atoms with Gasteiger partial charge in [-0.05, 0) is 26.0 Å². The molecule has 4 N–H and O–H groups in total. The largest absolute Gasteiger partial charge is 0.366 e. The van der Waals surface area contributed by atoms with Crippen LogP contribution in [0.1, 0.15) is 21.6 Å². The molecule has 0 atom stereocenters. The molecule has 9 heteroatoms. The van der Waals surface area contributed by atoms with Gasteiger partial charge in [0.25, 0.3) is 10.0 Å². The Morgan fingerprint density at radius 1 is 1.38 bits per heavy atom. The van der Waals surface area contributed by atoms with Gasteiger partial charge in [-0.2, -0.15) is 5.10 Å². The molecule has 1 heterocycles. The van der Waals surface area contributed by atoms with Gasteiger partial charge in [0.05, 0.1) is 17.6 Å². The fraction of sp³-hybridized carbons (Fsp3) is 0.167. The lowest BCUT2D eigenvalue weighted by Gasteiger charge is -2.12. The summed E-state index contributed by atoms with van der Waals surface area (Å²) >= 11 is 0. The Balaban J connectivity index is 2.49. The van der Waals surface area contributed by atoms with Crippen molar-refractivity contribution in [3.8, 4) is 0 Å². The fourth-order valence-electron chi connectivity index (χ4n) is 1.74. The summed E-state index contributed by atoms with van der Waals surface area (Å²) in [5.74, 6) is -1.58. The van der Waals surface area contributed by atoms with Crippen molar-refractivity contribution in [1.82, 2.24) is 10.2 Å². The number of primary amides is 1. The van der Waals surface area contributed by atoms with E-state index in [1.807, 2.05) is 0 Å². The number of aromatic nitrogens is 2. The maximum absolute atomic E-state index is 13.7. The van der Waals surface area contributed by atoms with Gasteiger partial charge in [-0.25, -0.2) is 12.8 Å². The quantitative estimate of drug-likeness (QED) is 0.782. The van der Waals surface area contributed by atoms with Gasteiger partial charge in [0.1, 0.15) is 10.7 Å². The molecule has 1 amide bonds. The number of H-pyrrole nitrogens is 1. The summed E-state index contributed by atoms with van der Waals surface area (Å²) < 4.78 is 40.4. The molecule has 0 saturated carbocycles. The molecular formula is C12H13FN4O3S. The molecule has 7 nitrogen and oxygen atoms in total. The van der Waals surface area contributed by atoms with Crippen LogP contribution >= 0.6 is 0 Å². The SMILES string of the molecule is Cc1[nH]ncc1S(=O)(=O)Nc1cc(C(N)=O)cc(F)c1C. The number of sulfonamides is 1. The van der Waals surface area contributed by atoms with E-state index in [-0.39, 0.29) is 21.7 Å². The summed E-state index contributed by atoms with van der Waals surface area (Å²) in [6.07, 6.45) is 1.14. The predicted molar refractivity (Wildman–Crippen MR) is 73.8 cm³/mol. The highest BCUT2D eigenvalue weighted by Gasteiger charge is 2.21. The van der Waals surface area contributed by atoms with Crippen LogP contribution in [0.15, 0.2) is 23.2 Å². The highest BCUT2D eigenvalue weighted by atomic mass is 32.2. The third-order valence-electron chi connectivity index (χ3n) is 2.95. The Kier molecular flexibility index (Phi) is 3.69. The molecule has 0 aliphatic carbocycles. The van der Waals surface area contributed by atoms with E-state index in [0.29, 0.717) is 5.69 Å². The molecule has 0 aliphatic heterocycles. The molecule has 0 fully saturated rings. The Hall–Kier alpha value is -2.42. The van der Waals surface area contributed by atoms with Crippen LogP contribution in [0.3, 0.4) is 0 Å². The van der Waals surface area contributed by atoms with Crippen molar-refractivity contribution in [3.05, 3.63) is 41.0 Å². The Morgan fingerprint density at radius 2 is 2.05 bits per heavy atom. The summed E-state index contributed by atoms with van der Waals surface area (Å²) in [6, 6.07) is 2.15. The first-order valence-corrected chi connectivity index (χ1v) is 7.33. The smallest absolute Gasteiger partial charge is 0.265 e. The van der Waals surface area contributed by atoms with Gasteiger partial charge >= 0.3 is 0 Å². The number of nitrogens with zero attached hydrogens (tertiary/aromatic N) is 1. The van der Waals surface area contributed by atoms with E-state index in [9.17, 15) is 17.6 Å². The predicted octanol–water partition coefficient (Wildman–Crippen LogP) is 1.07. The molecule has 0 unspecified atom stereocenters. The van der Waals surface area contributed by atoms with Crippen LogP contribution in [0.5, 0.6) is 0 Å². The average molecular weight is 312 g/mol. The number of carbonyl (C=O) groups is 1. The average Bonchev–Trinajstić information content (AvgIpc) is 2.81. The van der Waals surface area contributed by atoms with Crippen LogP contribution in [-0.4, -0.2) is 24.5 Å². The standard InChI is InChI=1S/C12H13FN4O3S/c1-6-9(13)3-8(12(14)18)4-10(6)17-21(19,20)11-5-15-16-7(11)2/h3-5,17H,1-2H3,(H2,14,18)(H,15,16). The summed E-state index contributed by atoms with van der Waals surface area (Å²) in [5, 5.41) is 6.12. The monoisotopic (exact) mass is 312 g/mol. The van der Waals surface area contributed by atoms with Crippen molar-refractivity contribution in [2.75, 3.05) is 4.72 Å². The number of amides is 1. The van der Waals surface area contributed by atoms with E-state index < -0.39 is 21.7 Å². The van der Waals surface area contributed by atoms with Crippen molar-refractivity contribution in [1.29, 1.82) is 0 Å². The summed E-state index contributed by atoms with van der Waals surface area (Å²) in [4.78, 5) is 11.1. The van der Waals surface area contributed by atoms with Crippen LogP contribution in [0.4, 0.5) is 10.1 Å². The van der Waals surface area contributed by atoms with Gasteiger partial charge in [-0.3, -0.25) is 14.6 Å². The molecule has 0 aliphatic rings. The lowest BCUT2D eigenvalue weighted by molar-refractivity contribution is 0.1000. The first-order chi connectivity index (χ1) is 9.72. The topological polar surface area (TPSA) is 118 Å². The van der Waals surface area contributed by atoms with Crippen molar-refractivity contribution >= 4 is 21.6 Å². The van der Waals surface area contributed by atoms with Crippen LogP contribution in [0.2, 0.25) is 0 Å². The molecule has 2 aromatic rings. The number of nitrogens with one attached hydrogen (secondary N) is 2. The van der Waals surface area contributed by atoms with Crippen molar-refractivity contribution in [3.63, 3.8) is 0 Å². The summed E-state index contributed by atoms with van der Waals surface area (Å²) in [6.45, 7) is 2.93. The van der Waals surface area contributed by atoms with E-state index in [0.717, 1.165) is 12.3 Å². The zero-order valence-corrected chi connectivity index (χ0v) is 12.1. The minimum atomic E-state index is -3.94. The second kappa shape index (κ2) is 5.17. The molecule has 2 rings (SSSR count). The number of aryl methyl sites for hydroxylation is 1. The molecule has 0 radical (unpaired) electrons. The number of anilines is 1. The molecule has 0 bridgehead atoms. The number of hydrogen-bond acceptors (Lipinski definition) is 4. The van der Waals surface area contributed by atoms with E-state index in [1.165, 1.54) is 19.9 Å². The molecule has 21 heavy (non-hydrogen) atoms. The third kappa shape index (κ3) is 2.87. The van der Waals surface area contributed by atoms with Gasteiger partial charge in [-0.15, -0.1) is 0 Å². The van der Waals surface area contributed by atoms with Gasteiger partial charge in [-0.1, -0.05) is 0 Å². The van der Waals surface area contributed by atoms with Gasteiger partial charge in [0, 0.05) is 11.1 Å². The van der Waals surface area contributed by atoms with E-state index in [2.05, 4.69) is 14.9 Å². The second-order valence-corrected chi connectivity index (χ2v) is 6.11. The van der Waals surface area contributed by atoms with Crippen LogP contribution in [0.25, 0.3) is 0 Å². The minimum Gasteiger partial charge on any atom is -0.366 e. The number of rotatable bonds is 4. The van der Waals surface area contributed by atoms with Crippen molar-refractivity contribution in [2.24, 2.45) is 5.73 Å². The van der Waals surface area contributed by atoms with Crippen LogP contribution in [0, 0.1) is 19.7 Å². The number of nitrogens with two attached hydrogens (primary N) is 1. The van der Waals surface area contributed by atoms with Gasteiger partial charge in [0.15, 0.2) is 0 Å². The third-order valence-corrected chi connectivity index (χ3v) is 4.43. The zero-order valence-electron chi connectivity index (χ0n) is 11.3. The van der Waals surface area contributed by atoms with Crippen LogP contribution < -0.4 is 10.5 Å². The zero-order chi connectivity index (χ0) is 15.8. The second-order valence-electron chi connectivity index (χ2n) is 4.46. The Labute approximate surface area is 120 Å². The minimum absolute atomic E-state index is 0.0515. The number of hydrogen-bond donors (Lipinski definition) is 3. The van der Waals surface area contributed by atoms with Crippen molar-refractivity contribution < 1.29 is 17.6 Å². The molecule has 0 spiro atoms. The number of benzene rings is 1. The normalized spacial score (nSPS) is 11.4. The summed E-state index contributed by atoms with van der Waals surface area (Å²) in [7, 11) is -3.94. The molecule has 112 valence electrons. The highest BCUT2D eigenvalue weighted by molar-refractivity contribution is 7.92. The van der Waals surface area contributed by atoms with Crippen molar-refractivity contribution in [2.45, 2.75) is 18.7 Å². The first kappa shape index (κ1) is 15.0. The molecule has 1 aromatic heterocycles. The highest BCUT2D eigenvalue weighted by Crippen LogP contribution is 2.24. The van der Waals surface area contributed by atoms with Gasteiger partial charge < -0.3 is 5.73 Å². The maximum atomic E-state index is 13.7. The molecule has 0 saturated heterocycles. The fourth-order valence-corrected chi connectivity index (χ4v) is 2.99. The molecule has 1 aromatic carbocycles. The molecular weight excluding hydrogens is 299 g/mol. The van der Waals surface area contributed by atoms with E-state index in [4.69, 9.17) is 5.73 Å². The lowest BCUT2D eigenvalue weighted by Crippen LogP contribution is -2.17. The number of carbonyl (C=O) groups excluding carboxylic acids is 1. The number of halogens is 1. The van der Waals surface area contributed by atoms with Gasteiger partial charge in [0.2, 0.25) is 5.91 Å². The van der Waals surface area contributed by atoms with E-state index in [1.54, 1.807) is 0 Å². The van der Waals surface area contributed by atoms with E-state index >= 15 is 0 Å².